The SMILES string of the molecule is Oc1cc2ccc1Nc1ccc(cc1O)N2. The van der Waals surface area contributed by atoms with E-state index >= 15 is 0 Å². The van der Waals surface area contributed by atoms with E-state index in [-0.39, 0.29) is 11.5 Å². The Morgan fingerprint density at radius 3 is 1.62 bits per heavy atom. The summed E-state index contributed by atoms with van der Waals surface area (Å²) in [4.78, 5) is 0. The number of phenolic OH excluding ortho intramolecular Hbond substituents is 2. The molecule has 2 aromatic carbocycles. The Morgan fingerprint density at radius 2 is 1.19 bits per heavy atom. The smallest absolute Gasteiger partial charge is 0.141 e. The lowest BCUT2D eigenvalue weighted by atomic mass is 10.2. The number of nitrogens with one attached hydrogen (secondary N) is 2. The Kier molecular flexibility index (Phi) is 1.71. The molecule has 0 radical (unpaired) electrons. The molecule has 0 amide bonds. The summed E-state index contributed by atoms with van der Waals surface area (Å²) in [6.07, 6.45) is 0. The number of phenols is 2. The summed E-state index contributed by atoms with van der Waals surface area (Å²) in [5.41, 5.74) is 2.68. The summed E-state index contributed by atoms with van der Waals surface area (Å²) >= 11 is 0. The summed E-state index contributed by atoms with van der Waals surface area (Å²) in [7, 11) is 0. The predicted molar refractivity (Wildman–Crippen MR) is 62.8 cm³/mol. The highest BCUT2D eigenvalue weighted by molar-refractivity contribution is 5.78. The molecule has 80 valence electrons. The Hall–Kier alpha value is -2.36. The molecule has 0 spiro atoms. The van der Waals surface area contributed by atoms with Crippen LogP contribution in [0.15, 0.2) is 36.4 Å². The highest BCUT2D eigenvalue weighted by Crippen LogP contribution is 2.37. The standard InChI is InChI=1S/C12H10N2O2/c15-11-5-7-1-3-9(11)14-10-4-2-8(13-7)6-12(10)16/h1-6,13-16H. The lowest BCUT2D eigenvalue weighted by Crippen LogP contribution is -1.97. The molecule has 0 atom stereocenters. The van der Waals surface area contributed by atoms with E-state index in [9.17, 15) is 10.2 Å². The number of aromatic hydroxyl groups is 2. The third kappa shape index (κ3) is 1.32. The van der Waals surface area contributed by atoms with Crippen molar-refractivity contribution >= 4 is 22.7 Å². The minimum absolute atomic E-state index is 0.145. The lowest BCUT2D eigenvalue weighted by Gasteiger charge is -2.16. The van der Waals surface area contributed by atoms with Crippen molar-refractivity contribution < 1.29 is 10.2 Å². The van der Waals surface area contributed by atoms with Gasteiger partial charge in [0.15, 0.2) is 0 Å². The lowest BCUT2D eigenvalue weighted by molar-refractivity contribution is 0.475. The van der Waals surface area contributed by atoms with E-state index in [0.29, 0.717) is 11.4 Å². The molecule has 0 unspecified atom stereocenters. The summed E-state index contributed by atoms with van der Waals surface area (Å²) in [6, 6.07) is 10.5. The maximum Gasteiger partial charge on any atom is 0.141 e. The van der Waals surface area contributed by atoms with Crippen LogP contribution in [-0.2, 0) is 0 Å². The Bertz CT molecular complexity index is 517. The zero-order valence-electron chi connectivity index (χ0n) is 8.36. The predicted octanol–water partition coefficient (Wildman–Crippen LogP) is 2.90. The topological polar surface area (TPSA) is 64.5 Å². The fourth-order valence-electron chi connectivity index (χ4n) is 1.74. The van der Waals surface area contributed by atoms with Crippen molar-refractivity contribution in [3.63, 3.8) is 0 Å². The first-order valence-corrected chi connectivity index (χ1v) is 4.92. The van der Waals surface area contributed by atoms with Crippen LogP contribution in [0.25, 0.3) is 0 Å². The van der Waals surface area contributed by atoms with E-state index in [1.807, 2.05) is 12.1 Å². The van der Waals surface area contributed by atoms with Gasteiger partial charge in [0, 0.05) is 23.5 Å². The van der Waals surface area contributed by atoms with Gasteiger partial charge in [-0.1, -0.05) is 0 Å². The largest absolute Gasteiger partial charge is 0.506 e. The van der Waals surface area contributed by atoms with Crippen LogP contribution in [0.3, 0.4) is 0 Å². The number of hydrogen-bond donors (Lipinski definition) is 4. The van der Waals surface area contributed by atoms with Crippen LogP contribution >= 0.6 is 0 Å². The van der Waals surface area contributed by atoms with E-state index < -0.39 is 0 Å². The minimum Gasteiger partial charge on any atom is -0.506 e. The van der Waals surface area contributed by atoms with Gasteiger partial charge in [0.2, 0.25) is 0 Å². The van der Waals surface area contributed by atoms with Crippen molar-refractivity contribution in [1.29, 1.82) is 0 Å². The first-order valence-electron chi connectivity index (χ1n) is 4.92. The zero-order valence-corrected chi connectivity index (χ0v) is 8.36. The molecule has 4 aliphatic rings. The molecule has 4 aliphatic heterocycles. The maximum absolute atomic E-state index is 9.74. The second-order valence-electron chi connectivity index (χ2n) is 3.71. The molecule has 4 nitrogen and oxygen atoms in total. The van der Waals surface area contributed by atoms with Crippen LogP contribution in [0.1, 0.15) is 0 Å². The second-order valence-corrected chi connectivity index (χ2v) is 3.71. The third-order valence-corrected chi connectivity index (χ3v) is 2.55. The highest BCUT2D eigenvalue weighted by atomic mass is 16.3. The molecule has 4 heterocycles. The van der Waals surface area contributed by atoms with Crippen molar-refractivity contribution in [3.05, 3.63) is 36.4 Å². The Labute approximate surface area is 92.2 Å². The molecule has 6 rings (SSSR count). The van der Waals surface area contributed by atoms with Crippen LogP contribution < -0.4 is 10.6 Å². The quantitative estimate of drug-likeness (QED) is 0.434. The minimum atomic E-state index is 0.145. The van der Waals surface area contributed by atoms with E-state index in [1.165, 1.54) is 0 Å². The molecule has 0 saturated heterocycles. The molecule has 4 N–H and O–H groups in total. The maximum atomic E-state index is 9.74. The van der Waals surface area contributed by atoms with Gasteiger partial charge in [0.25, 0.3) is 0 Å². The molecule has 16 heavy (non-hydrogen) atoms. The number of benzene rings is 2. The van der Waals surface area contributed by atoms with E-state index in [1.54, 1.807) is 24.3 Å². The van der Waals surface area contributed by atoms with Crippen LogP contribution in [0.5, 0.6) is 11.5 Å². The van der Waals surface area contributed by atoms with Gasteiger partial charge in [-0.25, -0.2) is 0 Å². The van der Waals surface area contributed by atoms with E-state index in [4.69, 9.17) is 0 Å². The molecule has 0 aromatic heterocycles. The van der Waals surface area contributed by atoms with Gasteiger partial charge in [0.1, 0.15) is 11.5 Å². The molecule has 0 saturated carbocycles. The van der Waals surface area contributed by atoms with Gasteiger partial charge in [-0.2, -0.15) is 0 Å². The summed E-state index contributed by atoms with van der Waals surface area (Å²) < 4.78 is 0. The molecule has 2 aromatic rings. The molecule has 4 bridgehead atoms. The van der Waals surface area contributed by atoms with Gasteiger partial charge in [0.05, 0.1) is 11.4 Å². The van der Waals surface area contributed by atoms with Crippen molar-refractivity contribution in [1.82, 2.24) is 0 Å². The van der Waals surface area contributed by atoms with E-state index in [0.717, 1.165) is 11.4 Å². The number of hydrogen-bond acceptors (Lipinski definition) is 4. The fourth-order valence-corrected chi connectivity index (χ4v) is 1.74. The summed E-state index contributed by atoms with van der Waals surface area (Å²) in [5.74, 6) is 0.290. The van der Waals surface area contributed by atoms with Gasteiger partial charge in [-0.15, -0.1) is 0 Å². The van der Waals surface area contributed by atoms with Gasteiger partial charge in [-0.3, -0.25) is 0 Å². The van der Waals surface area contributed by atoms with Crippen LogP contribution in [-0.4, -0.2) is 10.2 Å². The molecule has 4 heteroatoms. The van der Waals surface area contributed by atoms with Crippen molar-refractivity contribution in [2.75, 3.05) is 10.6 Å². The normalized spacial score (nSPS) is 12.0. The van der Waals surface area contributed by atoms with Crippen LogP contribution in [0.4, 0.5) is 22.7 Å². The zero-order chi connectivity index (χ0) is 11.1. The number of anilines is 4. The first-order chi connectivity index (χ1) is 7.72. The first kappa shape index (κ1) is 8.91. The molecule has 0 aliphatic carbocycles. The van der Waals surface area contributed by atoms with Crippen molar-refractivity contribution in [2.45, 2.75) is 0 Å². The molecular formula is C12H10N2O2. The monoisotopic (exact) mass is 214 g/mol. The molecular weight excluding hydrogens is 204 g/mol. The van der Waals surface area contributed by atoms with Gasteiger partial charge >= 0.3 is 0 Å². The van der Waals surface area contributed by atoms with Crippen LogP contribution in [0.2, 0.25) is 0 Å². The van der Waals surface area contributed by atoms with Crippen molar-refractivity contribution in [2.24, 2.45) is 0 Å². The van der Waals surface area contributed by atoms with Gasteiger partial charge in [-0.05, 0) is 24.3 Å². The summed E-state index contributed by atoms with van der Waals surface area (Å²) in [5, 5.41) is 25.5. The average molecular weight is 214 g/mol. The van der Waals surface area contributed by atoms with Crippen LogP contribution in [0, 0.1) is 0 Å². The Balaban J connectivity index is 2.24. The van der Waals surface area contributed by atoms with E-state index in [2.05, 4.69) is 10.6 Å². The third-order valence-electron chi connectivity index (χ3n) is 2.55. The summed E-state index contributed by atoms with van der Waals surface area (Å²) in [6.45, 7) is 0. The molecule has 0 fully saturated rings. The Morgan fingerprint density at radius 1 is 0.688 bits per heavy atom. The fraction of sp³-hybridized carbons (Fsp3) is 0. The van der Waals surface area contributed by atoms with Crippen molar-refractivity contribution in [3.8, 4) is 11.5 Å². The number of rotatable bonds is 0. The highest BCUT2D eigenvalue weighted by Gasteiger charge is 2.10. The second kappa shape index (κ2) is 3.06. The van der Waals surface area contributed by atoms with Gasteiger partial charge < -0.3 is 20.8 Å². The average Bonchev–Trinajstić information content (AvgIpc) is 2.27.